The van der Waals surface area contributed by atoms with Crippen molar-refractivity contribution < 1.29 is 18.0 Å². The molecule has 0 aromatic heterocycles. The number of piperazine rings is 1. The Bertz CT molecular complexity index is 850. The highest BCUT2D eigenvalue weighted by molar-refractivity contribution is 7.91. The summed E-state index contributed by atoms with van der Waals surface area (Å²) in [6.07, 6.45) is 0. The van der Waals surface area contributed by atoms with Crippen LogP contribution in [0.2, 0.25) is 0 Å². The number of nitrogens with zero attached hydrogens (tertiary/aromatic N) is 3. The van der Waals surface area contributed by atoms with Gasteiger partial charge in [-0.2, -0.15) is 0 Å². The third kappa shape index (κ3) is 3.30. The van der Waals surface area contributed by atoms with Gasteiger partial charge in [0, 0.05) is 32.7 Å². The minimum Gasteiger partial charge on any atom is -0.331 e. The molecule has 2 aliphatic heterocycles. The standard InChI is InChI=1S/C18H25N3O4S/c1-12-5-6-14(13(2)9-12)17(22)20-7-8-21(18(23)19(3)4)16-11-26(24,25)10-15(16)20/h5-6,9,15-16H,7-8,10-11H2,1-4H3/t15-,16+/m1/s1. The summed E-state index contributed by atoms with van der Waals surface area (Å²) >= 11 is 0. The lowest BCUT2D eigenvalue weighted by atomic mass is 10.0. The Morgan fingerprint density at radius 2 is 1.62 bits per heavy atom. The Labute approximate surface area is 154 Å². The highest BCUT2D eigenvalue weighted by Crippen LogP contribution is 2.29. The van der Waals surface area contributed by atoms with Crippen LogP contribution in [0.3, 0.4) is 0 Å². The zero-order valence-electron chi connectivity index (χ0n) is 15.6. The number of hydrogen-bond donors (Lipinski definition) is 0. The number of hydrogen-bond acceptors (Lipinski definition) is 4. The quantitative estimate of drug-likeness (QED) is 0.727. The monoisotopic (exact) mass is 379 g/mol. The molecule has 2 atom stereocenters. The fraction of sp³-hybridized carbons (Fsp3) is 0.556. The molecule has 8 heteroatoms. The Balaban J connectivity index is 1.93. The zero-order chi connectivity index (χ0) is 19.2. The minimum atomic E-state index is -3.29. The van der Waals surface area contributed by atoms with Crippen molar-refractivity contribution >= 4 is 21.8 Å². The molecular weight excluding hydrogens is 354 g/mol. The van der Waals surface area contributed by atoms with E-state index in [1.807, 2.05) is 26.0 Å². The van der Waals surface area contributed by atoms with Gasteiger partial charge >= 0.3 is 6.03 Å². The molecule has 142 valence electrons. The molecule has 0 saturated carbocycles. The van der Waals surface area contributed by atoms with E-state index in [0.717, 1.165) is 11.1 Å². The van der Waals surface area contributed by atoms with Gasteiger partial charge in [0.1, 0.15) is 0 Å². The predicted molar refractivity (Wildman–Crippen MR) is 99.0 cm³/mol. The molecule has 3 amide bonds. The molecule has 0 spiro atoms. The van der Waals surface area contributed by atoms with Crippen molar-refractivity contribution in [2.45, 2.75) is 25.9 Å². The van der Waals surface area contributed by atoms with Crippen molar-refractivity contribution in [2.24, 2.45) is 0 Å². The van der Waals surface area contributed by atoms with Crippen LogP contribution >= 0.6 is 0 Å². The van der Waals surface area contributed by atoms with E-state index in [4.69, 9.17) is 0 Å². The molecule has 1 aromatic carbocycles. The van der Waals surface area contributed by atoms with E-state index >= 15 is 0 Å². The summed E-state index contributed by atoms with van der Waals surface area (Å²) in [4.78, 5) is 30.2. The lowest BCUT2D eigenvalue weighted by Crippen LogP contribution is -2.63. The fourth-order valence-corrected chi connectivity index (χ4v) is 5.89. The predicted octanol–water partition coefficient (Wildman–Crippen LogP) is 0.908. The number of carbonyl (C=O) groups is 2. The molecule has 2 heterocycles. The first kappa shape index (κ1) is 18.7. The number of urea groups is 1. The van der Waals surface area contributed by atoms with E-state index < -0.39 is 21.9 Å². The second-order valence-corrected chi connectivity index (χ2v) is 9.55. The van der Waals surface area contributed by atoms with Gasteiger partial charge in [0.2, 0.25) is 0 Å². The van der Waals surface area contributed by atoms with Gasteiger partial charge in [-0.15, -0.1) is 0 Å². The lowest BCUT2D eigenvalue weighted by Gasteiger charge is -2.44. The summed E-state index contributed by atoms with van der Waals surface area (Å²) in [6.45, 7) is 4.52. The van der Waals surface area contributed by atoms with Crippen LogP contribution in [0.15, 0.2) is 18.2 Å². The third-order valence-electron chi connectivity index (χ3n) is 5.18. The van der Waals surface area contributed by atoms with Crippen LogP contribution in [-0.2, 0) is 9.84 Å². The number of fused-ring (bicyclic) bond motifs is 1. The molecule has 1 aromatic rings. The van der Waals surface area contributed by atoms with Gasteiger partial charge < -0.3 is 14.7 Å². The van der Waals surface area contributed by atoms with Crippen molar-refractivity contribution in [1.29, 1.82) is 0 Å². The van der Waals surface area contributed by atoms with Crippen molar-refractivity contribution in [3.8, 4) is 0 Å². The largest absolute Gasteiger partial charge is 0.331 e. The van der Waals surface area contributed by atoms with Crippen molar-refractivity contribution in [1.82, 2.24) is 14.7 Å². The molecule has 2 fully saturated rings. The summed E-state index contributed by atoms with van der Waals surface area (Å²) in [5, 5.41) is 0. The highest BCUT2D eigenvalue weighted by atomic mass is 32.2. The first-order valence-electron chi connectivity index (χ1n) is 8.67. The highest BCUT2D eigenvalue weighted by Gasteiger charge is 2.49. The normalized spacial score (nSPS) is 24.3. The number of amides is 3. The second kappa shape index (κ2) is 6.57. The van der Waals surface area contributed by atoms with E-state index in [1.54, 1.807) is 30.0 Å². The summed E-state index contributed by atoms with van der Waals surface area (Å²) in [5.41, 5.74) is 2.53. The molecule has 2 aliphatic rings. The maximum Gasteiger partial charge on any atom is 0.319 e. The second-order valence-electron chi connectivity index (χ2n) is 7.40. The van der Waals surface area contributed by atoms with E-state index in [9.17, 15) is 18.0 Å². The molecular formula is C18H25N3O4S. The van der Waals surface area contributed by atoms with Crippen LogP contribution in [0.5, 0.6) is 0 Å². The first-order valence-corrected chi connectivity index (χ1v) is 10.5. The molecule has 2 saturated heterocycles. The fourth-order valence-electron chi connectivity index (χ4n) is 3.91. The van der Waals surface area contributed by atoms with Gasteiger partial charge in [-0.25, -0.2) is 13.2 Å². The van der Waals surface area contributed by atoms with Crippen LogP contribution in [0, 0.1) is 13.8 Å². The molecule has 0 bridgehead atoms. The van der Waals surface area contributed by atoms with Gasteiger partial charge in [0.05, 0.1) is 23.6 Å². The van der Waals surface area contributed by atoms with Crippen molar-refractivity contribution in [3.63, 3.8) is 0 Å². The molecule has 0 N–H and O–H groups in total. The number of carbonyl (C=O) groups excluding carboxylic acids is 2. The Kier molecular flexibility index (Phi) is 4.72. The summed E-state index contributed by atoms with van der Waals surface area (Å²) in [5.74, 6) is -0.342. The van der Waals surface area contributed by atoms with Crippen LogP contribution in [0.1, 0.15) is 21.5 Å². The zero-order valence-corrected chi connectivity index (χ0v) is 16.4. The summed E-state index contributed by atoms with van der Waals surface area (Å²) < 4.78 is 24.5. The Morgan fingerprint density at radius 1 is 1.04 bits per heavy atom. The van der Waals surface area contributed by atoms with Crippen LogP contribution in [-0.4, -0.2) is 85.8 Å². The Morgan fingerprint density at radius 3 is 2.19 bits per heavy atom. The molecule has 0 radical (unpaired) electrons. The van der Waals surface area contributed by atoms with Gasteiger partial charge in [0.25, 0.3) is 5.91 Å². The minimum absolute atomic E-state index is 0.0894. The number of sulfone groups is 1. The smallest absolute Gasteiger partial charge is 0.319 e. The van der Waals surface area contributed by atoms with Crippen LogP contribution < -0.4 is 0 Å². The summed E-state index contributed by atoms with van der Waals surface area (Å²) in [6, 6.07) is 4.43. The molecule has 0 unspecified atom stereocenters. The van der Waals surface area contributed by atoms with E-state index in [0.29, 0.717) is 18.7 Å². The molecule has 7 nitrogen and oxygen atoms in total. The average molecular weight is 379 g/mol. The van der Waals surface area contributed by atoms with E-state index in [1.165, 1.54) is 4.90 Å². The summed E-state index contributed by atoms with van der Waals surface area (Å²) in [7, 11) is 0.000874. The Hall–Kier alpha value is -2.09. The van der Waals surface area contributed by atoms with Crippen molar-refractivity contribution in [3.05, 3.63) is 34.9 Å². The van der Waals surface area contributed by atoms with Gasteiger partial charge in [0.15, 0.2) is 9.84 Å². The van der Waals surface area contributed by atoms with Crippen molar-refractivity contribution in [2.75, 3.05) is 38.7 Å². The number of benzene rings is 1. The van der Waals surface area contributed by atoms with Gasteiger partial charge in [-0.05, 0) is 25.5 Å². The van der Waals surface area contributed by atoms with Crippen LogP contribution in [0.25, 0.3) is 0 Å². The SMILES string of the molecule is Cc1ccc(C(=O)N2CCN(C(=O)N(C)C)[C@H]3CS(=O)(=O)C[C@H]32)c(C)c1. The first-order chi connectivity index (χ1) is 12.1. The van der Waals surface area contributed by atoms with Gasteiger partial charge in [-0.3, -0.25) is 4.79 Å². The maximum atomic E-state index is 13.1. The number of rotatable bonds is 1. The van der Waals surface area contributed by atoms with E-state index in [-0.39, 0.29) is 23.4 Å². The molecule has 3 rings (SSSR count). The van der Waals surface area contributed by atoms with E-state index in [2.05, 4.69) is 0 Å². The van der Waals surface area contributed by atoms with Gasteiger partial charge in [-0.1, -0.05) is 17.7 Å². The molecule has 0 aliphatic carbocycles. The average Bonchev–Trinajstić information content (AvgIpc) is 2.87. The third-order valence-corrected chi connectivity index (χ3v) is 6.88. The maximum absolute atomic E-state index is 13.1. The topological polar surface area (TPSA) is 78.0 Å². The molecule has 26 heavy (non-hydrogen) atoms. The van der Waals surface area contributed by atoms with Crippen LogP contribution in [0.4, 0.5) is 4.79 Å². The number of aryl methyl sites for hydroxylation is 2. The lowest BCUT2D eigenvalue weighted by molar-refractivity contribution is 0.0392.